The molecule has 0 aliphatic carbocycles. The molecule has 1 atom stereocenters. The van der Waals surface area contributed by atoms with Crippen molar-refractivity contribution in [3.05, 3.63) is 89.2 Å². The Hall–Kier alpha value is -4.33. The number of rotatable bonds is 8. The van der Waals surface area contributed by atoms with Crippen LogP contribution in [0.25, 0.3) is 5.76 Å². The van der Waals surface area contributed by atoms with Crippen molar-refractivity contribution < 1.29 is 33.3 Å². The van der Waals surface area contributed by atoms with Crippen molar-refractivity contribution in [2.45, 2.75) is 19.9 Å². The molecule has 36 heavy (non-hydrogen) atoms. The van der Waals surface area contributed by atoms with E-state index in [0.29, 0.717) is 41.7 Å². The molecule has 1 amide bonds. The molecule has 186 valence electrons. The topological polar surface area (TPSA) is 85.3 Å². The van der Waals surface area contributed by atoms with Crippen molar-refractivity contribution in [2.75, 3.05) is 25.2 Å². The SMILES string of the molecule is CCOc1ccc(/C(O)=C2/C(=O)C(=O)N(c3cccc(OC)c3)C2c2ccc(F)cc2)c(OCC)c1. The number of Topliss-reactive ketones (excluding diaryl/α,β-unsaturated/α-hetero) is 1. The van der Waals surface area contributed by atoms with Crippen LogP contribution in [0.5, 0.6) is 17.2 Å². The molecule has 8 heteroatoms. The summed E-state index contributed by atoms with van der Waals surface area (Å²) < 4.78 is 30.3. The highest BCUT2D eigenvalue weighted by atomic mass is 19.1. The Morgan fingerprint density at radius 3 is 2.33 bits per heavy atom. The number of hydrogen-bond acceptors (Lipinski definition) is 6. The van der Waals surface area contributed by atoms with Crippen LogP contribution in [0, 0.1) is 5.82 Å². The lowest BCUT2D eigenvalue weighted by Crippen LogP contribution is -2.29. The molecule has 1 saturated heterocycles. The smallest absolute Gasteiger partial charge is 0.300 e. The molecular weight excluding hydrogens is 465 g/mol. The highest BCUT2D eigenvalue weighted by Crippen LogP contribution is 2.44. The number of aliphatic hydroxyl groups is 1. The van der Waals surface area contributed by atoms with Gasteiger partial charge in [0.1, 0.15) is 28.8 Å². The fourth-order valence-electron chi connectivity index (χ4n) is 4.19. The van der Waals surface area contributed by atoms with E-state index in [-0.39, 0.29) is 11.1 Å². The highest BCUT2D eigenvalue weighted by Gasteiger charge is 2.47. The largest absolute Gasteiger partial charge is 0.507 e. The molecule has 1 unspecified atom stereocenters. The Balaban J connectivity index is 1.94. The number of hydrogen-bond donors (Lipinski definition) is 1. The molecular formula is C28H26FNO6. The number of aliphatic hydroxyl groups excluding tert-OH is 1. The van der Waals surface area contributed by atoms with Gasteiger partial charge >= 0.3 is 0 Å². The van der Waals surface area contributed by atoms with Crippen molar-refractivity contribution >= 4 is 23.1 Å². The standard InChI is InChI=1S/C28H26FNO6/c1-4-35-21-13-14-22(23(16-21)36-5-2)26(31)24-25(17-9-11-18(29)12-10-17)30(28(33)27(24)32)19-7-6-8-20(15-19)34-3/h6-16,25,31H,4-5H2,1-3H3/b26-24-. The lowest BCUT2D eigenvalue weighted by Gasteiger charge is -2.26. The quantitative estimate of drug-likeness (QED) is 0.263. The molecule has 1 fully saturated rings. The maximum Gasteiger partial charge on any atom is 0.300 e. The van der Waals surface area contributed by atoms with E-state index < -0.39 is 29.3 Å². The normalized spacial score (nSPS) is 16.8. The first kappa shape index (κ1) is 24.8. The third kappa shape index (κ3) is 4.62. The van der Waals surface area contributed by atoms with Gasteiger partial charge in [0.15, 0.2) is 0 Å². The maximum absolute atomic E-state index is 13.8. The van der Waals surface area contributed by atoms with Crippen LogP contribution in [-0.2, 0) is 9.59 Å². The lowest BCUT2D eigenvalue weighted by atomic mass is 9.94. The number of halogens is 1. The van der Waals surface area contributed by atoms with Crippen molar-refractivity contribution in [3.63, 3.8) is 0 Å². The minimum atomic E-state index is -1.02. The molecule has 7 nitrogen and oxygen atoms in total. The fraction of sp³-hybridized carbons (Fsp3) is 0.214. The molecule has 4 rings (SSSR count). The van der Waals surface area contributed by atoms with Gasteiger partial charge in [-0.1, -0.05) is 18.2 Å². The summed E-state index contributed by atoms with van der Waals surface area (Å²) in [5, 5.41) is 11.4. The van der Waals surface area contributed by atoms with E-state index in [0.717, 1.165) is 0 Å². The zero-order chi connectivity index (χ0) is 25.8. The summed E-state index contributed by atoms with van der Waals surface area (Å²) in [5.74, 6) is -1.26. The summed E-state index contributed by atoms with van der Waals surface area (Å²) in [6.07, 6.45) is 0. The van der Waals surface area contributed by atoms with Gasteiger partial charge in [0, 0.05) is 17.8 Å². The van der Waals surface area contributed by atoms with E-state index >= 15 is 0 Å². The molecule has 0 aromatic heterocycles. The first-order valence-electron chi connectivity index (χ1n) is 11.5. The number of nitrogens with zero attached hydrogens (tertiary/aromatic N) is 1. The summed E-state index contributed by atoms with van der Waals surface area (Å²) in [6, 6.07) is 15.9. The van der Waals surface area contributed by atoms with Crippen LogP contribution in [0.2, 0.25) is 0 Å². The zero-order valence-electron chi connectivity index (χ0n) is 20.2. The van der Waals surface area contributed by atoms with E-state index in [4.69, 9.17) is 14.2 Å². The van der Waals surface area contributed by atoms with Gasteiger partial charge in [0.2, 0.25) is 0 Å². The number of ether oxygens (including phenoxy) is 3. The van der Waals surface area contributed by atoms with Gasteiger partial charge in [-0.3, -0.25) is 14.5 Å². The predicted molar refractivity (Wildman–Crippen MR) is 133 cm³/mol. The van der Waals surface area contributed by atoms with E-state index in [1.165, 1.54) is 36.3 Å². The molecule has 0 radical (unpaired) electrons. The Labute approximate surface area is 208 Å². The molecule has 1 aliphatic rings. The van der Waals surface area contributed by atoms with Crippen LogP contribution in [0.4, 0.5) is 10.1 Å². The van der Waals surface area contributed by atoms with Gasteiger partial charge in [-0.05, 0) is 55.8 Å². The van der Waals surface area contributed by atoms with Gasteiger partial charge in [-0.25, -0.2) is 4.39 Å². The summed E-state index contributed by atoms with van der Waals surface area (Å²) >= 11 is 0. The Kier molecular flexibility index (Phi) is 7.24. The summed E-state index contributed by atoms with van der Waals surface area (Å²) in [5.41, 5.74) is 0.931. The Bertz CT molecular complexity index is 1320. The van der Waals surface area contributed by atoms with Crippen molar-refractivity contribution in [1.82, 2.24) is 0 Å². The van der Waals surface area contributed by atoms with Gasteiger partial charge < -0.3 is 19.3 Å². The molecule has 0 bridgehead atoms. The minimum Gasteiger partial charge on any atom is -0.507 e. The molecule has 1 N–H and O–H groups in total. The molecule has 1 heterocycles. The van der Waals surface area contributed by atoms with Gasteiger partial charge in [0.05, 0.1) is 37.5 Å². The fourth-order valence-corrected chi connectivity index (χ4v) is 4.19. The maximum atomic E-state index is 13.8. The zero-order valence-corrected chi connectivity index (χ0v) is 20.2. The van der Waals surface area contributed by atoms with Crippen LogP contribution in [0.3, 0.4) is 0 Å². The molecule has 0 spiro atoms. The second-order valence-corrected chi connectivity index (χ2v) is 7.95. The number of ketones is 1. The van der Waals surface area contributed by atoms with Gasteiger partial charge in [0.25, 0.3) is 11.7 Å². The summed E-state index contributed by atoms with van der Waals surface area (Å²) in [4.78, 5) is 28.0. The average molecular weight is 492 g/mol. The van der Waals surface area contributed by atoms with Crippen LogP contribution >= 0.6 is 0 Å². The molecule has 1 aliphatic heterocycles. The Morgan fingerprint density at radius 2 is 1.67 bits per heavy atom. The van der Waals surface area contributed by atoms with Crippen molar-refractivity contribution in [1.29, 1.82) is 0 Å². The molecule has 3 aromatic rings. The first-order chi connectivity index (χ1) is 17.4. The molecule has 0 saturated carbocycles. The Morgan fingerprint density at radius 1 is 0.944 bits per heavy atom. The van der Waals surface area contributed by atoms with Crippen LogP contribution in [-0.4, -0.2) is 37.1 Å². The van der Waals surface area contributed by atoms with E-state index in [9.17, 15) is 19.1 Å². The number of benzene rings is 3. The number of carbonyl (C=O) groups excluding carboxylic acids is 2. The minimum absolute atomic E-state index is 0.139. The average Bonchev–Trinajstić information content (AvgIpc) is 3.15. The van der Waals surface area contributed by atoms with Gasteiger partial charge in [-0.2, -0.15) is 0 Å². The van der Waals surface area contributed by atoms with E-state index in [2.05, 4.69) is 0 Å². The number of methoxy groups -OCH3 is 1. The second-order valence-electron chi connectivity index (χ2n) is 7.95. The summed E-state index contributed by atoms with van der Waals surface area (Å²) in [6.45, 7) is 4.37. The van der Waals surface area contributed by atoms with Crippen molar-refractivity contribution in [2.24, 2.45) is 0 Å². The van der Waals surface area contributed by atoms with Crippen LogP contribution in [0.1, 0.15) is 31.0 Å². The number of amides is 1. The predicted octanol–water partition coefficient (Wildman–Crippen LogP) is 5.26. The highest BCUT2D eigenvalue weighted by molar-refractivity contribution is 6.51. The van der Waals surface area contributed by atoms with E-state index in [1.807, 2.05) is 6.92 Å². The van der Waals surface area contributed by atoms with Gasteiger partial charge in [-0.15, -0.1) is 0 Å². The molecule has 3 aromatic carbocycles. The summed E-state index contributed by atoms with van der Waals surface area (Å²) in [7, 11) is 1.49. The third-order valence-corrected chi connectivity index (χ3v) is 5.78. The monoisotopic (exact) mass is 491 g/mol. The lowest BCUT2D eigenvalue weighted by molar-refractivity contribution is -0.132. The first-order valence-corrected chi connectivity index (χ1v) is 11.5. The van der Waals surface area contributed by atoms with E-state index in [1.54, 1.807) is 49.4 Å². The van der Waals surface area contributed by atoms with Crippen LogP contribution in [0.15, 0.2) is 72.3 Å². The van der Waals surface area contributed by atoms with Crippen LogP contribution < -0.4 is 19.1 Å². The number of carbonyl (C=O) groups is 2. The second kappa shape index (κ2) is 10.5. The third-order valence-electron chi connectivity index (χ3n) is 5.78. The van der Waals surface area contributed by atoms with Crippen molar-refractivity contribution in [3.8, 4) is 17.2 Å². The number of anilines is 1.